The zero-order valence-electron chi connectivity index (χ0n) is 8.25. The van der Waals surface area contributed by atoms with Gasteiger partial charge in [-0.25, -0.2) is 0 Å². The minimum Gasteiger partial charge on any atom is -0.321 e. The van der Waals surface area contributed by atoms with Crippen LogP contribution in [-0.2, 0) is 5.54 Å². The van der Waals surface area contributed by atoms with E-state index in [0.29, 0.717) is 5.38 Å². The molecule has 1 aromatic rings. The Morgan fingerprint density at radius 2 is 1.71 bits per heavy atom. The van der Waals surface area contributed by atoms with Crippen LogP contribution >= 0.6 is 11.6 Å². The molecule has 1 nitrogen and oxygen atoms in total. The molecule has 0 radical (unpaired) electrons. The van der Waals surface area contributed by atoms with Gasteiger partial charge in [0, 0.05) is 10.9 Å². The van der Waals surface area contributed by atoms with Crippen molar-refractivity contribution < 1.29 is 0 Å². The summed E-state index contributed by atoms with van der Waals surface area (Å²) in [7, 11) is 0. The minimum absolute atomic E-state index is 0.132. The smallest absolute Gasteiger partial charge is 0.0410 e. The molecule has 2 rings (SSSR count). The van der Waals surface area contributed by atoms with Crippen molar-refractivity contribution in [3.05, 3.63) is 35.9 Å². The summed E-state index contributed by atoms with van der Waals surface area (Å²) < 4.78 is 0. The fourth-order valence-electron chi connectivity index (χ4n) is 2.16. The van der Waals surface area contributed by atoms with E-state index in [-0.39, 0.29) is 5.54 Å². The lowest BCUT2D eigenvalue weighted by Gasteiger charge is -2.35. The summed E-state index contributed by atoms with van der Waals surface area (Å²) in [6.07, 6.45) is 4.08. The third-order valence-electron chi connectivity index (χ3n) is 3.16. The number of benzene rings is 1. The summed E-state index contributed by atoms with van der Waals surface area (Å²) in [5.41, 5.74) is 7.50. The van der Waals surface area contributed by atoms with Gasteiger partial charge >= 0.3 is 0 Å². The number of halogens is 1. The molecule has 0 amide bonds. The molecule has 1 aliphatic carbocycles. The van der Waals surface area contributed by atoms with Crippen molar-refractivity contribution in [2.45, 2.75) is 36.6 Å². The standard InChI is InChI=1S/C12H16ClN/c13-11-6-8-12(14,9-7-11)10-4-2-1-3-5-10/h1-5,11H,6-9,14H2. The monoisotopic (exact) mass is 209 g/mol. The van der Waals surface area contributed by atoms with E-state index in [2.05, 4.69) is 24.3 Å². The first kappa shape index (κ1) is 10.0. The lowest BCUT2D eigenvalue weighted by atomic mass is 9.77. The highest BCUT2D eigenvalue weighted by Crippen LogP contribution is 2.36. The second-order valence-electron chi connectivity index (χ2n) is 4.20. The van der Waals surface area contributed by atoms with E-state index in [1.165, 1.54) is 5.56 Å². The van der Waals surface area contributed by atoms with Crippen molar-refractivity contribution in [1.29, 1.82) is 0 Å². The molecule has 0 atom stereocenters. The highest BCUT2D eigenvalue weighted by Gasteiger charge is 2.32. The first-order valence-corrected chi connectivity index (χ1v) is 5.63. The molecule has 1 fully saturated rings. The largest absolute Gasteiger partial charge is 0.321 e. The van der Waals surface area contributed by atoms with Crippen molar-refractivity contribution in [2.75, 3.05) is 0 Å². The molecule has 0 unspecified atom stereocenters. The van der Waals surface area contributed by atoms with Gasteiger partial charge in [-0.3, -0.25) is 0 Å². The molecule has 1 aromatic carbocycles. The van der Waals surface area contributed by atoms with Crippen molar-refractivity contribution in [3.63, 3.8) is 0 Å². The van der Waals surface area contributed by atoms with E-state index in [1.54, 1.807) is 0 Å². The first-order chi connectivity index (χ1) is 6.71. The number of hydrogen-bond acceptors (Lipinski definition) is 1. The van der Waals surface area contributed by atoms with Crippen LogP contribution in [0, 0.1) is 0 Å². The second-order valence-corrected chi connectivity index (χ2v) is 4.81. The summed E-state index contributed by atoms with van der Waals surface area (Å²) in [6, 6.07) is 10.4. The van der Waals surface area contributed by atoms with E-state index in [0.717, 1.165) is 25.7 Å². The molecular formula is C12H16ClN. The van der Waals surface area contributed by atoms with Crippen molar-refractivity contribution in [3.8, 4) is 0 Å². The minimum atomic E-state index is -0.132. The van der Waals surface area contributed by atoms with E-state index < -0.39 is 0 Å². The van der Waals surface area contributed by atoms with Gasteiger partial charge in [-0.15, -0.1) is 11.6 Å². The first-order valence-electron chi connectivity index (χ1n) is 5.19. The number of rotatable bonds is 1. The molecule has 76 valence electrons. The molecule has 0 spiro atoms. The lowest BCUT2D eigenvalue weighted by Crippen LogP contribution is -2.40. The Bertz CT molecular complexity index is 288. The molecule has 0 saturated heterocycles. The van der Waals surface area contributed by atoms with E-state index in [4.69, 9.17) is 17.3 Å². The average molecular weight is 210 g/mol. The number of alkyl halides is 1. The van der Waals surface area contributed by atoms with Crippen LogP contribution in [0.25, 0.3) is 0 Å². The molecule has 0 bridgehead atoms. The van der Waals surface area contributed by atoms with E-state index in [9.17, 15) is 0 Å². The van der Waals surface area contributed by atoms with Crippen LogP contribution < -0.4 is 5.73 Å². The van der Waals surface area contributed by atoms with Gasteiger partial charge in [-0.05, 0) is 31.2 Å². The van der Waals surface area contributed by atoms with Crippen LogP contribution in [0.3, 0.4) is 0 Å². The normalized spacial score (nSPS) is 32.9. The maximum atomic E-state index is 6.38. The highest BCUT2D eigenvalue weighted by molar-refractivity contribution is 6.20. The molecule has 0 aliphatic heterocycles. The molecular weight excluding hydrogens is 194 g/mol. The Morgan fingerprint density at radius 3 is 2.29 bits per heavy atom. The maximum absolute atomic E-state index is 6.38. The van der Waals surface area contributed by atoms with Gasteiger partial charge in [0.2, 0.25) is 0 Å². The second kappa shape index (κ2) is 3.92. The van der Waals surface area contributed by atoms with Crippen LogP contribution in [0.5, 0.6) is 0 Å². The maximum Gasteiger partial charge on any atom is 0.0410 e. The van der Waals surface area contributed by atoms with Gasteiger partial charge in [0.25, 0.3) is 0 Å². The fourth-order valence-corrected chi connectivity index (χ4v) is 2.37. The summed E-state index contributed by atoms with van der Waals surface area (Å²) in [5, 5.41) is 0.329. The van der Waals surface area contributed by atoms with Crippen LogP contribution in [0.2, 0.25) is 0 Å². The highest BCUT2D eigenvalue weighted by atomic mass is 35.5. The van der Waals surface area contributed by atoms with Crippen LogP contribution in [0.1, 0.15) is 31.2 Å². The third-order valence-corrected chi connectivity index (χ3v) is 3.59. The molecule has 1 saturated carbocycles. The Balaban J connectivity index is 2.17. The van der Waals surface area contributed by atoms with Gasteiger partial charge < -0.3 is 5.73 Å². The molecule has 0 heterocycles. The van der Waals surface area contributed by atoms with Crippen molar-refractivity contribution in [2.24, 2.45) is 5.73 Å². The van der Waals surface area contributed by atoms with Crippen LogP contribution in [-0.4, -0.2) is 5.38 Å². The zero-order valence-corrected chi connectivity index (χ0v) is 9.00. The van der Waals surface area contributed by atoms with Gasteiger partial charge in [0.15, 0.2) is 0 Å². The SMILES string of the molecule is NC1(c2ccccc2)CCC(Cl)CC1. The topological polar surface area (TPSA) is 26.0 Å². The number of nitrogens with two attached hydrogens (primary N) is 1. The van der Waals surface area contributed by atoms with Gasteiger partial charge in [0.1, 0.15) is 0 Å². The summed E-state index contributed by atoms with van der Waals surface area (Å²) in [4.78, 5) is 0. The number of hydrogen-bond donors (Lipinski definition) is 1. The Kier molecular flexibility index (Phi) is 2.80. The summed E-state index contributed by atoms with van der Waals surface area (Å²) in [5.74, 6) is 0. The summed E-state index contributed by atoms with van der Waals surface area (Å²) in [6.45, 7) is 0. The zero-order chi connectivity index (χ0) is 10.0. The Labute approximate surface area is 90.3 Å². The Hall–Kier alpha value is -0.530. The third kappa shape index (κ3) is 1.94. The molecule has 14 heavy (non-hydrogen) atoms. The predicted molar refractivity (Wildman–Crippen MR) is 60.4 cm³/mol. The van der Waals surface area contributed by atoms with Crippen LogP contribution in [0.15, 0.2) is 30.3 Å². The fraction of sp³-hybridized carbons (Fsp3) is 0.500. The molecule has 1 aliphatic rings. The van der Waals surface area contributed by atoms with Gasteiger partial charge in [-0.2, -0.15) is 0 Å². The van der Waals surface area contributed by atoms with Gasteiger partial charge in [-0.1, -0.05) is 30.3 Å². The van der Waals surface area contributed by atoms with Gasteiger partial charge in [0.05, 0.1) is 0 Å². The molecule has 2 heteroatoms. The molecule has 2 N–H and O–H groups in total. The Morgan fingerprint density at radius 1 is 1.14 bits per heavy atom. The molecule has 0 aromatic heterocycles. The quantitative estimate of drug-likeness (QED) is 0.707. The lowest BCUT2D eigenvalue weighted by molar-refractivity contribution is 0.306. The summed E-state index contributed by atoms with van der Waals surface area (Å²) >= 11 is 6.08. The van der Waals surface area contributed by atoms with E-state index >= 15 is 0 Å². The van der Waals surface area contributed by atoms with Crippen molar-refractivity contribution in [1.82, 2.24) is 0 Å². The van der Waals surface area contributed by atoms with Crippen LogP contribution in [0.4, 0.5) is 0 Å². The van der Waals surface area contributed by atoms with Crippen molar-refractivity contribution >= 4 is 11.6 Å². The predicted octanol–water partition coefficient (Wildman–Crippen LogP) is 3.02. The average Bonchev–Trinajstić information content (AvgIpc) is 2.24. The van der Waals surface area contributed by atoms with E-state index in [1.807, 2.05) is 6.07 Å².